The lowest BCUT2D eigenvalue weighted by Crippen LogP contribution is -2.48. The number of benzene rings is 2. The Morgan fingerprint density at radius 2 is 1.67 bits per heavy atom. The molecule has 2 aromatic rings. The molecular formula is C21H24N2O. The van der Waals surface area contributed by atoms with E-state index in [0.717, 1.165) is 37.3 Å². The SMILES string of the molecule is C/C(=C\C(=O)N1CCN(c2cccc(C)c2)CC1)c1ccccc1. The van der Waals surface area contributed by atoms with Gasteiger partial charge in [-0.05, 0) is 42.7 Å². The van der Waals surface area contributed by atoms with Crippen molar-refractivity contribution in [2.75, 3.05) is 31.1 Å². The highest BCUT2D eigenvalue weighted by Gasteiger charge is 2.20. The number of carbonyl (C=O) groups excluding carboxylic acids is 1. The van der Waals surface area contributed by atoms with Crippen molar-refractivity contribution in [2.45, 2.75) is 13.8 Å². The molecule has 0 radical (unpaired) electrons. The molecule has 0 unspecified atom stereocenters. The van der Waals surface area contributed by atoms with Gasteiger partial charge in [-0.25, -0.2) is 0 Å². The molecule has 3 nitrogen and oxygen atoms in total. The molecule has 1 heterocycles. The Balaban J connectivity index is 1.61. The molecule has 1 aliphatic rings. The standard InChI is InChI=1S/C21H24N2O/c1-17-7-6-10-20(15-17)22-11-13-23(14-12-22)21(24)16-18(2)19-8-4-3-5-9-19/h3-10,15-16H,11-14H2,1-2H3/b18-16+. The lowest BCUT2D eigenvalue weighted by Gasteiger charge is -2.36. The first-order valence-electron chi connectivity index (χ1n) is 8.48. The van der Waals surface area contributed by atoms with Crippen LogP contribution in [-0.4, -0.2) is 37.0 Å². The van der Waals surface area contributed by atoms with Crippen LogP contribution in [0.1, 0.15) is 18.1 Å². The third-order valence-electron chi connectivity index (χ3n) is 4.53. The van der Waals surface area contributed by atoms with Gasteiger partial charge in [0.15, 0.2) is 0 Å². The van der Waals surface area contributed by atoms with Crippen LogP contribution in [0.3, 0.4) is 0 Å². The fourth-order valence-electron chi connectivity index (χ4n) is 3.07. The molecule has 24 heavy (non-hydrogen) atoms. The van der Waals surface area contributed by atoms with Gasteiger partial charge in [0, 0.05) is 37.9 Å². The molecule has 3 heteroatoms. The molecule has 0 spiro atoms. The van der Waals surface area contributed by atoms with Gasteiger partial charge in [0.2, 0.25) is 5.91 Å². The van der Waals surface area contributed by atoms with Gasteiger partial charge in [-0.1, -0.05) is 42.5 Å². The molecule has 2 aromatic carbocycles. The van der Waals surface area contributed by atoms with Crippen molar-refractivity contribution < 1.29 is 4.79 Å². The zero-order valence-electron chi connectivity index (χ0n) is 14.4. The smallest absolute Gasteiger partial charge is 0.246 e. The molecule has 1 saturated heterocycles. The zero-order valence-corrected chi connectivity index (χ0v) is 14.4. The minimum atomic E-state index is 0.111. The van der Waals surface area contributed by atoms with Crippen LogP contribution in [0, 0.1) is 6.92 Å². The monoisotopic (exact) mass is 320 g/mol. The molecule has 0 aliphatic carbocycles. The Morgan fingerprint density at radius 1 is 0.958 bits per heavy atom. The summed E-state index contributed by atoms with van der Waals surface area (Å²) in [6.07, 6.45) is 1.76. The summed E-state index contributed by atoms with van der Waals surface area (Å²) in [6, 6.07) is 18.6. The van der Waals surface area contributed by atoms with E-state index in [4.69, 9.17) is 0 Å². The topological polar surface area (TPSA) is 23.6 Å². The van der Waals surface area contributed by atoms with Gasteiger partial charge in [0.25, 0.3) is 0 Å². The Kier molecular flexibility index (Phi) is 4.99. The van der Waals surface area contributed by atoms with E-state index >= 15 is 0 Å². The molecule has 0 aromatic heterocycles. The Morgan fingerprint density at radius 3 is 2.33 bits per heavy atom. The predicted octanol–water partition coefficient (Wildman–Crippen LogP) is 3.75. The number of rotatable bonds is 3. The first-order valence-corrected chi connectivity index (χ1v) is 8.48. The van der Waals surface area contributed by atoms with Crippen molar-refractivity contribution >= 4 is 17.2 Å². The Labute approximate surface area is 144 Å². The zero-order chi connectivity index (χ0) is 16.9. The summed E-state index contributed by atoms with van der Waals surface area (Å²) in [5, 5.41) is 0. The van der Waals surface area contributed by atoms with Gasteiger partial charge < -0.3 is 9.80 Å². The summed E-state index contributed by atoms with van der Waals surface area (Å²) in [5.74, 6) is 0.111. The first-order chi connectivity index (χ1) is 11.6. The molecule has 0 saturated carbocycles. The van der Waals surface area contributed by atoms with Crippen molar-refractivity contribution in [3.05, 3.63) is 71.8 Å². The van der Waals surface area contributed by atoms with Crippen LogP contribution < -0.4 is 4.90 Å². The fourth-order valence-corrected chi connectivity index (χ4v) is 3.07. The average Bonchev–Trinajstić information content (AvgIpc) is 2.62. The first kappa shape index (κ1) is 16.3. The highest BCUT2D eigenvalue weighted by Crippen LogP contribution is 2.19. The van der Waals surface area contributed by atoms with Gasteiger partial charge in [-0.3, -0.25) is 4.79 Å². The maximum atomic E-state index is 12.5. The van der Waals surface area contributed by atoms with E-state index in [0.29, 0.717) is 0 Å². The van der Waals surface area contributed by atoms with Crippen molar-refractivity contribution in [1.82, 2.24) is 4.90 Å². The lowest BCUT2D eigenvalue weighted by atomic mass is 10.1. The van der Waals surface area contributed by atoms with Gasteiger partial charge in [-0.15, -0.1) is 0 Å². The fraction of sp³-hybridized carbons (Fsp3) is 0.286. The molecule has 1 aliphatic heterocycles. The maximum Gasteiger partial charge on any atom is 0.246 e. The molecule has 0 bridgehead atoms. The molecule has 0 N–H and O–H groups in total. The quantitative estimate of drug-likeness (QED) is 0.804. The Bertz CT molecular complexity index is 729. The molecule has 1 fully saturated rings. The van der Waals surface area contributed by atoms with Crippen molar-refractivity contribution in [3.63, 3.8) is 0 Å². The number of piperazine rings is 1. The van der Waals surface area contributed by atoms with Crippen LogP contribution in [0.4, 0.5) is 5.69 Å². The second-order valence-electron chi connectivity index (χ2n) is 6.34. The van der Waals surface area contributed by atoms with Gasteiger partial charge in [0.05, 0.1) is 0 Å². The third kappa shape index (κ3) is 3.85. The highest BCUT2D eigenvalue weighted by atomic mass is 16.2. The van der Waals surface area contributed by atoms with E-state index < -0.39 is 0 Å². The second kappa shape index (κ2) is 7.35. The second-order valence-corrected chi connectivity index (χ2v) is 6.34. The summed E-state index contributed by atoms with van der Waals surface area (Å²) in [7, 11) is 0. The summed E-state index contributed by atoms with van der Waals surface area (Å²) >= 11 is 0. The van der Waals surface area contributed by atoms with E-state index in [9.17, 15) is 4.79 Å². The predicted molar refractivity (Wildman–Crippen MR) is 100 cm³/mol. The normalized spacial score (nSPS) is 15.5. The minimum absolute atomic E-state index is 0.111. The average molecular weight is 320 g/mol. The number of amides is 1. The van der Waals surface area contributed by atoms with Crippen molar-refractivity contribution in [3.8, 4) is 0 Å². The minimum Gasteiger partial charge on any atom is -0.368 e. The largest absolute Gasteiger partial charge is 0.368 e. The van der Waals surface area contributed by atoms with Crippen LogP contribution in [0.25, 0.3) is 5.57 Å². The molecule has 1 amide bonds. The Hall–Kier alpha value is -2.55. The van der Waals surface area contributed by atoms with Crippen LogP contribution in [-0.2, 0) is 4.79 Å². The number of hydrogen-bond acceptors (Lipinski definition) is 2. The van der Waals surface area contributed by atoms with Gasteiger partial charge >= 0.3 is 0 Å². The van der Waals surface area contributed by atoms with Crippen LogP contribution >= 0.6 is 0 Å². The van der Waals surface area contributed by atoms with Crippen molar-refractivity contribution in [1.29, 1.82) is 0 Å². The van der Waals surface area contributed by atoms with E-state index in [1.807, 2.05) is 42.2 Å². The lowest BCUT2D eigenvalue weighted by molar-refractivity contribution is -0.126. The maximum absolute atomic E-state index is 12.5. The summed E-state index contributed by atoms with van der Waals surface area (Å²) < 4.78 is 0. The van der Waals surface area contributed by atoms with E-state index in [1.54, 1.807) is 6.08 Å². The number of aryl methyl sites for hydroxylation is 1. The van der Waals surface area contributed by atoms with Crippen LogP contribution in [0.5, 0.6) is 0 Å². The van der Waals surface area contributed by atoms with Crippen LogP contribution in [0.15, 0.2) is 60.7 Å². The number of anilines is 1. The number of hydrogen-bond donors (Lipinski definition) is 0. The van der Waals surface area contributed by atoms with Crippen molar-refractivity contribution in [2.24, 2.45) is 0 Å². The third-order valence-corrected chi connectivity index (χ3v) is 4.53. The molecule has 3 rings (SSSR count). The summed E-state index contributed by atoms with van der Waals surface area (Å²) in [5.41, 5.74) is 4.64. The highest BCUT2D eigenvalue weighted by molar-refractivity contribution is 5.95. The van der Waals surface area contributed by atoms with E-state index in [1.165, 1.54) is 11.3 Å². The van der Waals surface area contributed by atoms with Crippen LogP contribution in [0.2, 0.25) is 0 Å². The van der Waals surface area contributed by atoms with E-state index in [2.05, 4.69) is 36.1 Å². The molecule has 0 atom stereocenters. The van der Waals surface area contributed by atoms with E-state index in [-0.39, 0.29) is 5.91 Å². The number of carbonyl (C=O) groups is 1. The molecular weight excluding hydrogens is 296 g/mol. The summed E-state index contributed by atoms with van der Waals surface area (Å²) in [4.78, 5) is 16.8. The summed E-state index contributed by atoms with van der Waals surface area (Å²) in [6.45, 7) is 7.41. The number of allylic oxidation sites excluding steroid dienone is 1. The van der Waals surface area contributed by atoms with Gasteiger partial charge in [-0.2, -0.15) is 0 Å². The van der Waals surface area contributed by atoms with Gasteiger partial charge in [0.1, 0.15) is 0 Å². The molecule has 124 valence electrons. The number of nitrogens with zero attached hydrogens (tertiary/aromatic N) is 2.